The molecule has 8 nitrogen and oxygen atoms in total. The lowest BCUT2D eigenvalue weighted by Crippen LogP contribution is -2.37. The van der Waals surface area contributed by atoms with Crippen molar-refractivity contribution in [2.75, 3.05) is 7.05 Å². The van der Waals surface area contributed by atoms with Gasteiger partial charge in [-0.3, -0.25) is 4.99 Å². The summed E-state index contributed by atoms with van der Waals surface area (Å²) in [6.07, 6.45) is 3.41. The van der Waals surface area contributed by atoms with Crippen LogP contribution < -0.4 is 10.6 Å². The fraction of sp³-hybridized carbons (Fsp3) is 0.625. The van der Waals surface area contributed by atoms with E-state index in [4.69, 9.17) is 4.52 Å². The van der Waals surface area contributed by atoms with E-state index in [2.05, 4.69) is 49.4 Å². The molecule has 0 fully saturated rings. The quantitative estimate of drug-likeness (QED) is 0.405. The number of nitrogens with zero attached hydrogens (tertiary/aromatic N) is 5. The Balaban J connectivity index is 0.00000225. The van der Waals surface area contributed by atoms with Crippen molar-refractivity contribution in [2.24, 2.45) is 4.99 Å². The Bertz CT molecular complexity index is 707. The van der Waals surface area contributed by atoms with Crippen LogP contribution in [0.15, 0.2) is 15.6 Å². The van der Waals surface area contributed by atoms with E-state index in [-0.39, 0.29) is 24.0 Å². The summed E-state index contributed by atoms with van der Waals surface area (Å²) in [7, 11) is 1.74. The highest BCUT2D eigenvalue weighted by molar-refractivity contribution is 14.0. The molecule has 0 saturated heterocycles. The molecule has 0 aromatic carbocycles. The number of guanidine groups is 1. The van der Waals surface area contributed by atoms with Crippen LogP contribution in [-0.4, -0.2) is 32.9 Å². The molecular formula is C16H26IN7O. The second-order valence-electron chi connectivity index (χ2n) is 6.29. The Hall–Kier alpha value is -1.65. The molecule has 3 rings (SSSR count). The zero-order chi connectivity index (χ0) is 16.9. The van der Waals surface area contributed by atoms with Gasteiger partial charge in [0.05, 0.1) is 18.8 Å². The lowest BCUT2D eigenvalue weighted by molar-refractivity contribution is 0.372. The number of halogens is 1. The molecule has 25 heavy (non-hydrogen) atoms. The van der Waals surface area contributed by atoms with Gasteiger partial charge >= 0.3 is 0 Å². The normalized spacial score (nSPS) is 14.2. The van der Waals surface area contributed by atoms with Crippen LogP contribution in [0.2, 0.25) is 0 Å². The lowest BCUT2D eigenvalue weighted by atomic mass is 10.1. The lowest BCUT2D eigenvalue weighted by Gasteiger charge is -2.15. The van der Waals surface area contributed by atoms with E-state index in [9.17, 15) is 0 Å². The molecule has 0 unspecified atom stereocenters. The summed E-state index contributed by atoms with van der Waals surface area (Å²) in [6.45, 7) is 6.32. The fourth-order valence-corrected chi connectivity index (χ4v) is 2.74. The molecule has 1 aliphatic heterocycles. The molecule has 2 aromatic heterocycles. The van der Waals surface area contributed by atoms with E-state index in [1.165, 1.54) is 12.8 Å². The van der Waals surface area contributed by atoms with Crippen molar-refractivity contribution < 1.29 is 4.52 Å². The van der Waals surface area contributed by atoms with Crippen molar-refractivity contribution in [2.45, 2.75) is 58.7 Å². The van der Waals surface area contributed by atoms with E-state index >= 15 is 0 Å². The van der Waals surface area contributed by atoms with Crippen LogP contribution >= 0.6 is 24.0 Å². The first-order chi connectivity index (χ1) is 11.7. The van der Waals surface area contributed by atoms with Crippen molar-refractivity contribution in [3.8, 4) is 0 Å². The van der Waals surface area contributed by atoms with Gasteiger partial charge in [-0.2, -0.15) is 0 Å². The van der Waals surface area contributed by atoms with Crippen LogP contribution in [0.5, 0.6) is 0 Å². The average Bonchev–Trinajstić information content (AvgIpc) is 3.22. The molecule has 3 heterocycles. The third-order valence-electron chi connectivity index (χ3n) is 4.17. The first-order valence-electron chi connectivity index (χ1n) is 8.48. The van der Waals surface area contributed by atoms with Crippen LogP contribution in [0.25, 0.3) is 0 Å². The predicted octanol–water partition coefficient (Wildman–Crippen LogP) is 2.21. The largest absolute Gasteiger partial charge is 0.359 e. The molecular weight excluding hydrogens is 433 g/mol. The first-order valence-corrected chi connectivity index (χ1v) is 8.48. The monoisotopic (exact) mass is 459 g/mol. The van der Waals surface area contributed by atoms with Gasteiger partial charge in [-0.25, -0.2) is 0 Å². The zero-order valence-corrected chi connectivity index (χ0v) is 17.3. The van der Waals surface area contributed by atoms with Gasteiger partial charge in [0, 0.05) is 26.1 Å². The maximum absolute atomic E-state index is 5.32. The third kappa shape index (κ3) is 4.93. The smallest absolute Gasteiger partial charge is 0.191 e. The minimum atomic E-state index is 0. The van der Waals surface area contributed by atoms with Gasteiger partial charge in [-0.05, 0) is 18.8 Å². The Labute approximate surface area is 164 Å². The van der Waals surface area contributed by atoms with Crippen molar-refractivity contribution >= 4 is 29.9 Å². The summed E-state index contributed by atoms with van der Waals surface area (Å²) in [5, 5.41) is 19.1. The third-order valence-corrected chi connectivity index (χ3v) is 4.17. The predicted molar refractivity (Wildman–Crippen MR) is 106 cm³/mol. The number of hydrogen-bond acceptors (Lipinski definition) is 5. The summed E-state index contributed by atoms with van der Waals surface area (Å²) in [5.74, 6) is 3.89. The highest BCUT2D eigenvalue weighted by Gasteiger charge is 2.15. The molecule has 0 saturated carbocycles. The molecule has 2 aromatic rings. The molecule has 0 bridgehead atoms. The molecule has 0 aliphatic carbocycles. The van der Waals surface area contributed by atoms with Gasteiger partial charge in [0.15, 0.2) is 17.5 Å². The molecule has 2 N–H and O–H groups in total. The molecule has 0 spiro atoms. The number of hydrogen-bond donors (Lipinski definition) is 2. The summed E-state index contributed by atoms with van der Waals surface area (Å²) >= 11 is 0. The zero-order valence-electron chi connectivity index (χ0n) is 14.9. The van der Waals surface area contributed by atoms with Crippen LogP contribution in [-0.2, 0) is 26.1 Å². The number of nitrogens with one attached hydrogen (secondary N) is 2. The fourth-order valence-electron chi connectivity index (χ4n) is 2.74. The average molecular weight is 459 g/mol. The van der Waals surface area contributed by atoms with Crippen LogP contribution in [0, 0.1) is 0 Å². The second kappa shape index (κ2) is 9.16. The molecule has 138 valence electrons. The van der Waals surface area contributed by atoms with E-state index < -0.39 is 0 Å². The Kier molecular flexibility index (Phi) is 7.21. The molecule has 0 amide bonds. The van der Waals surface area contributed by atoms with E-state index in [0.29, 0.717) is 25.0 Å². The molecule has 0 radical (unpaired) electrons. The first kappa shape index (κ1) is 19.7. The van der Waals surface area contributed by atoms with Crippen LogP contribution in [0.3, 0.4) is 0 Å². The summed E-state index contributed by atoms with van der Waals surface area (Å²) in [6, 6.07) is 1.97. The Morgan fingerprint density at radius 1 is 1.28 bits per heavy atom. The maximum Gasteiger partial charge on any atom is 0.191 e. The number of aromatic nitrogens is 4. The van der Waals surface area contributed by atoms with Crippen molar-refractivity contribution in [3.63, 3.8) is 0 Å². The molecule has 0 atom stereocenters. The van der Waals surface area contributed by atoms with Crippen LogP contribution in [0.4, 0.5) is 0 Å². The summed E-state index contributed by atoms with van der Waals surface area (Å²) in [4.78, 5) is 4.23. The number of fused-ring (bicyclic) bond motifs is 1. The van der Waals surface area contributed by atoms with Gasteiger partial charge in [0.25, 0.3) is 0 Å². The van der Waals surface area contributed by atoms with Gasteiger partial charge in [0.1, 0.15) is 5.82 Å². The second-order valence-corrected chi connectivity index (χ2v) is 6.29. The van der Waals surface area contributed by atoms with Gasteiger partial charge in [-0.15, -0.1) is 34.2 Å². The standard InChI is InChI=1S/C16H25N7O.HI/c1-11(2)13-8-12(24-22-13)9-18-16(17-3)19-10-15-21-20-14-6-4-5-7-23(14)15;/h8,11H,4-7,9-10H2,1-3H3,(H2,17,18,19);1H. The van der Waals surface area contributed by atoms with Crippen LogP contribution in [0.1, 0.15) is 55.7 Å². The van der Waals surface area contributed by atoms with Gasteiger partial charge < -0.3 is 19.7 Å². The number of rotatable bonds is 5. The van der Waals surface area contributed by atoms with Crippen molar-refractivity contribution in [1.29, 1.82) is 0 Å². The van der Waals surface area contributed by atoms with Gasteiger partial charge in [0.2, 0.25) is 0 Å². The van der Waals surface area contributed by atoms with E-state index in [0.717, 1.165) is 36.1 Å². The van der Waals surface area contributed by atoms with Crippen molar-refractivity contribution in [1.82, 2.24) is 30.6 Å². The maximum atomic E-state index is 5.32. The van der Waals surface area contributed by atoms with E-state index in [1.54, 1.807) is 7.05 Å². The summed E-state index contributed by atoms with van der Waals surface area (Å²) in [5.41, 5.74) is 0.963. The Morgan fingerprint density at radius 2 is 2.08 bits per heavy atom. The summed E-state index contributed by atoms with van der Waals surface area (Å²) < 4.78 is 7.53. The van der Waals surface area contributed by atoms with Gasteiger partial charge in [-0.1, -0.05) is 19.0 Å². The minimum Gasteiger partial charge on any atom is -0.359 e. The molecule has 9 heteroatoms. The highest BCUT2D eigenvalue weighted by Crippen LogP contribution is 2.14. The minimum absolute atomic E-state index is 0. The Morgan fingerprint density at radius 3 is 2.80 bits per heavy atom. The number of aryl methyl sites for hydroxylation is 1. The topological polar surface area (TPSA) is 93.2 Å². The number of aliphatic imine (C=N–C) groups is 1. The van der Waals surface area contributed by atoms with Crippen molar-refractivity contribution in [3.05, 3.63) is 29.2 Å². The highest BCUT2D eigenvalue weighted by atomic mass is 127. The van der Waals surface area contributed by atoms with E-state index in [1.807, 2.05) is 6.07 Å². The SMILES string of the molecule is CN=C(NCc1cc(C(C)C)no1)NCc1nnc2n1CCCC2.I. The molecule has 1 aliphatic rings.